The molecular formula is C15H23NO4S. The number of aliphatic hydroxyl groups is 1. The lowest BCUT2D eigenvalue weighted by atomic mass is 10.0. The molecule has 1 fully saturated rings. The summed E-state index contributed by atoms with van der Waals surface area (Å²) in [4.78, 5) is 0.232. The highest BCUT2D eigenvalue weighted by Gasteiger charge is 2.25. The van der Waals surface area contributed by atoms with Gasteiger partial charge < -0.3 is 9.84 Å². The smallest absolute Gasteiger partial charge is 0.242 e. The van der Waals surface area contributed by atoms with E-state index in [2.05, 4.69) is 0 Å². The summed E-state index contributed by atoms with van der Waals surface area (Å²) < 4.78 is 31.9. The van der Waals surface area contributed by atoms with Crippen molar-refractivity contribution in [3.8, 4) is 0 Å². The van der Waals surface area contributed by atoms with Gasteiger partial charge in [0.15, 0.2) is 0 Å². The standard InChI is InChI=1S/C15H23NO4S/c1-12(17)14-4-3-5-15(10-14)21(18,19)16(2)11-13-6-8-20-9-7-13/h3-5,10,12-13,17H,6-9,11H2,1-2H3. The van der Waals surface area contributed by atoms with Crippen LogP contribution in [0.3, 0.4) is 0 Å². The maximum Gasteiger partial charge on any atom is 0.242 e. The van der Waals surface area contributed by atoms with Crippen LogP contribution in [0.4, 0.5) is 0 Å². The lowest BCUT2D eigenvalue weighted by Gasteiger charge is -2.26. The lowest BCUT2D eigenvalue weighted by molar-refractivity contribution is 0.0620. The Bertz CT molecular complexity index is 565. The van der Waals surface area contributed by atoms with Gasteiger partial charge in [0, 0.05) is 26.8 Å². The molecule has 0 saturated carbocycles. The second-order valence-corrected chi connectivity index (χ2v) is 7.63. The van der Waals surface area contributed by atoms with Gasteiger partial charge in [0.2, 0.25) is 10.0 Å². The van der Waals surface area contributed by atoms with Crippen LogP contribution in [-0.4, -0.2) is 44.6 Å². The number of ether oxygens (including phenoxy) is 1. The SMILES string of the molecule is CC(O)c1cccc(S(=O)(=O)N(C)CC2CCOCC2)c1. The van der Waals surface area contributed by atoms with Crippen LogP contribution in [0.5, 0.6) is 0 Å². The van der Waals surface area contributed by atoms with Crippen LogP contribution in [0.1, 0.15) is 31.4 Å². The number of aliphatic hydroxyl groups excluding tert-OH is 1. The lowest BCUT2D eigenvalue weighted by Crippen LogP contribution is -2.34. The maximum atomic E-state index is 12.6. The third-order valence-electron chi connectivity index (χ3n) is 3.90. The highest BCUT2D eigenvalue weighted by molar-refractivity contribution is 7.89. The first-order valence-corrected chi connectivity index (χ1v) is 8.67. The molecule has 0 amide bonds. The van der Waals surface area contributed by atoms with Crippen molar-refractivity contribution in [3.05, 3.63) is 29.8 Å². The first-order chi connectivity index (χ1) is 9.91. The van der Waals surface area contributed by atoms with Gasteiger partial charge in [0.1, 0.15) is 0 Å². The van der Waals surface area contributed by atoms with Crippen molar-refractivity contribution in [1.29, 1.82) is 0 Å². The Labute approximate surface area is 126 Å². The van der Waals surface area contributed by atoms with Crippen LogP contribution in [0.25, 0.3) is 0 Å². The largest absolute Gasteiger partial charge is 0.389 e. The minimum atomic E-state index is -3.51. The topological polar surface area (TPSA) is 66.8 Å². The molecule has 0 aromatic heterocycles. The van der Waals surface area contributed by atoms with Crippen molar-refractivity contribution in [2.45, 2.75) is 30.8 Å². The van der Waals surface area contributed by atoms with E-state index in [0.29, 0.717) is 31.2 Å². The van der Waals surface area contributed by atoms with E-state index in [4.69, 9.17) is 4.74 Å². The van der Waals surface area contributed by atoms with Gasteiger partial charge >= 0.3 is 0 Å². The molecule has 0 spiro atoms. The number of sulfonamides is 1. The van der Waals surface area contributed by atoms with Crippen LogP contribution >= 0.6 is 0 Å². The summed E-state index contributed by atoms with van der Waals surface area (Å²) in [6, 6.07) is 6.50. The Hall–Kier alpha value is -0.950. The molecule has 0 aliphatic carbocycles. The first-order valence-electron chi connectivity index (χ1n) is 7.23. The van der Waals surface area contributed by atoms with E-state index in [9.17, 15) is 13.5 Å². The van der Waals surface area contributed by atoms with Crippen molar-refractivity contribution in [2.75, 3.05) is 26.8 Å². The van der Waals surface area contributed by atoms with Crippen LogP contribution in [-0.2, 0) is 14.8 Å². The predicted molar refractivity (Wildman–Crippen MR) is 80.4 cm³/mol. The predicted octanol–water partition coefficient (Wildman–Crippen LogP) is 1.79. The van der Waals surface area contributed by atoms with E-state index in [0.717, 1.165) is 12.8 Å². The number of hydrogen-bond acceptors (Lipinski definition) is 4. The zero-order valence-electron chi connectivity index (χ0n) is 12.5. The normalized spacial score (nSPS) is 18.9. The number of nitrogens with zero attached hydrogens (tertiary/aromatic N) is 1. The molecule has 1 aromatic rings. The zero-order chi connectivity index (χ0) is 15.5. The monoisotopic (exact) mass is 313 g/mol. The molecule has 118 valence electrons. The van der Waals surface area contributed by atoms with Gasteiger partial charge in [-0.25, -0.2) is 12.7 Å². The molecule has 1 N–H and O–H groups in total. The summed E-state index contributed by atoms with van der Waals surface area (Å²) >= 11 is 0. The molecule has 1 aromatic carbocycles. The molecule has 2 rings (SSSR count). The Morgan fingerprint density at radius 1 is 1.38 bits per heavy atom. The second kappa shape index (κ2) is 6.87. The highest BCUT2D eigenvalue weighted by Crippen LogP contribution is 2.22. The van der Waals surface area contributed by atoms with Crippen molar-refractivity contribution < 1.29 is 18.3 Å². The third kappa shape index (κ3) is 4.03. The van der Waals surface area contributed by atoms with Crippen molar-refractivity contribution in [1.82, 2.24) is 4.31 Å². The molecule has 1 unspecified atom stereocenters. The third-order valence-corrected chi connectivity index (χ3v) is 5.72. The van der Waals surface area contributed by atoms with Gasteiger partial charge in [0.05, 0.1) is 11.0 Å². The van der Waals surface area contributed by atoms with Crippen molar-refractivity contribution in [3.63, 3.8) is 0 Å². The van der Waals surface area contributed by atoms with Gasteiger partial charge in [-0.2, -0.15) is 0 Å². The average Bonchev–Trinajstić information content (AvgIpc) is 2.48. The minimum absolute atomic E-state index is 0.232. The van der Waals surface area contributed by atoms with E-state index in [1.54, 1.807) is 38.2 Å². The first kappa shape index (κ1) is 16.4. The molecule has 1 atom stereocenters. The van der Waals surface area contributed by atoms with E-state index in [1.807, 2.05) is 0 Å². The number of rotatable bonds is 5. The van der Waals surface area contributed by atoms with Crippen LogP contribution in [0, 0.1) is 5.92 Å². The summed E-state index contributed by atoms with van der Waals surface area (Å²) in [5.74, 6) is 0.346. The molecule has 6 heteroatoms. The van der Waals surface area contributed by atoms with Crippen molar-refractivity contribution >= 4 is 10.0 Å². The summed E-state index contributed by atoms with van der Waals surface area (Å²) in [6.07, 6.45) is 1.11. The molecule has 1 aliphatic rings. The Morgan fingerprint density at radius 3 is 2.67 bits per heavy atom. The summed E-state index contributed by atoms with van der Waals surface area (Å²) in [5, 5.41) is 9.59. The molecule has 5 nitrogen and oxygen atoms in total. The van der Waals surface area contributed by atoms with E-state index in [-0.39, 0.29) is 4.90 Å². The molecule has 1 heterocycles. The van der Waals surface area contributed by atoms with E-state index in [1.165, 1.54) is 4.31 Å². The molecule has 0 bridgehead atoms. The molecule has 0 radical (unpaired) electrons. The summed E-state index contributed by atoms with van der Waals surface area (Å²) in [7, 11) is -1.90. The molecular weight excluding hydrogens is 290 g/mol. The Kier molecular flexibility index (Phi) is 5.37. The van der Waals surface area contributed by atoms with Gasteiger partial charge in [-0.05, 0) is 43.4 Å². The fourth-order valence-corrected chi connectivity index (χ4v) is 3.81. The summed E-state index contributed by atoms with van der Waals surface area (Å²) in [6.45, 7) is 3.54. The van der Waals surface area contributed by atoms with E-state index >= 15 is 0 Å². The van der Waals surface area contributed by atoms with Gasteiger partial charge in [-0.15, -0.1) is 0 Å². The highest BCUT2D eigenvalue weighted by atomic mass is 32.2. The summed E-state index contributed by atoms with van der Waals surface area (Å²) in [5.41, 5.74) is 0.607. The van der Waals surface area contributed by atoms with Crippen LogP contribution in [0.2, 0.25) is 0 Å². The number of hydrogen-bond donors (Lipinski definition) is 1. The fourth-order valence-electron chi connectivity index (χ4n) is 2.51. The van der Waals surface area contributed by atoms with Gasteiger partial charge in [-0.3, -0.25) is 0 Å². The number of benzene rings is 1. The fraction of sp³-hybridized carbons (Fsp3) is 0.600. The maximum absolute atomic E-state index is 12.6. The van der Waals surface area contributed by atoms with Crippen LogP contribution in [0.15, 0.2) is 29.2 Å². The quantitative estimate of drug-likeness (QED) is 0.900. The molecule has 1 saturated heterocycles. The molecule has 21 heavy (non-hydrogen) atoms. The van der Waals surface area contributed by atoms with E-state index < -0.39 is 16.1 Å². The van der Waals surface area contributed by atoms with Crippen molar-refractivity contribution in [2.24, 2.45) is 5.92 Å². The van der Waals surface area contributed by atoms with Gasteiger partial charge in [-0.1, -0.05) is 12.1 Å². The second-order valence-electron chi connectivity index (χ2n) is 5.59. The van der Waals surface area contributed by atoms with Gasteiger partial charge in [0.25, 0.3) is 0 Å². The minimum Gasteiger partial charge on any atom is -0.389 e. The average molecular weight is 313 g/mol. The Balaban J connectivity index is 2.14. The Morgan fingerprint density at radius 2 is 2.05 bits per heavy atom. The molecule has 1 aliphatic heterocycles. The zero-order valence-corrected chi connectivity index (χ0v) is 13.3. The van der Waals surface area contributed by atoms with Crippen LogP contribution < -0.4 is 0 Å².